The van der Waals surface area contributed by atoms with Crippen molar-refractivity contribution in [1.82, 2.24) is 5.43 Å². The number of nitro groups is 1. The molecule has 0 aliphatic rings. The second-order valence-electron chi connectivity index (χ2n) is 3.36. The Morgan fingerprint density at radius 2 is 2.32 bits per heavy atom. The largest absolute Gasteiger partial charge is 0.449 e. The number of nitro benzene ring substituents is 1. The number of amides is 1. The number of rotatable bonds is 5. The molecule has 8 heteroatoms. The molecule has 0 saturated heterocycles. The summed E-state index contributed by atoms with van der Waals surface area (Å²) in [6, 6.07) is 5.57. The zero-order valence-electron chi connectivity index (χ0n) is 10.2. The Morgan fingerprint density at radius 3 is 2.89 bits per heavy atom. The molecule has 1 aromatic carbocycles. The zero-order valence-corrected chi connectivity index (χ0v) is 10.2. The summed E-state index contributed by atoms with van der Waals surface area (Å²) in [7, 11) is 0. The molecule has 0 unspecified atom stereocenters. The summed E-state index contributed by atoms with van der Waals surface area (Å²) in [6.45, 7) is 1.34. The van der Waals surface area contributed by atoms with Crippen LogP contribution in [0.4, 0.5) is 10.5 Å². The third kappa shape index (κ3) is 4.36. The van der Waals surface area contributed by atoms with Gasteiger partial charge in [-0.1, -0.05) is 12.1 Å². The zero-order chi connectivity index (χ0) is 14.3. The molecule has 1 amide bonds. The Labute approximate surface area is 108 Å². The molecule has 0 aliphatic heterocycles. The van der Waals surface area contributed by atoms with Crippen LogP contribution in [0.1, 0.15) is 12.5 Å². The minimum atomic E-state index is -0.765. The standard InChI is InChI=1S/C11H13N3O5/c1-2-19-11(16)13-12-10(7-15)8-4-3-5-9(6-8)14(17)18/h3-6,15H,2,7H2,1H3,(H,13,16). The van der Waals surface area contributed by atoms with Crippen molar-refractivity contribution in [1.29, 1.82) is 0 Å². The van der Waals surface area contributed by atoms with E-state index >= 15 is 0 Å². The fraction of sp³-hybridized carbons (Fsp3) is 0.273. The van der Waals surface area contributed by atoms with Crippen LogP contribution < -0.4 is 5.43 Å². The number of hydrazone groups is 1. The molecule has 0 aliphatic carbocycles. The van der Waals surface area contributed by atoms with Gasteiger partial charge in [-0.05, 0) is 6.92 Å². The Bertz CT molecular complexity index is 501. The van der Waals surface area contributed by atoms with Gasteiger partial charge in [0.05, 0.1) is 23.8 Å². The van der Waals surface area contributed by atoms with Gasteiger partial charge < -0.3 is 9.84 Å². The molecule has 1 aromatic rings. The molecule has 0 heterocycles. The van der Waals surface area contributed by atoms with E-state index in [9.17, 15) is 14.9 Å². The SMILES string of the molecule is CCOC(=O)NN=C(CO)c1cccc([N+](=O)[O-])c1. The molecule has 0 radical (unpaired) electrons. The quantitative estimate of drug-likeness (QED) is 0.470. The lowest BCUT2D eigenvalue weighted by Crippen LogP contribution is -2.22. The smallest absolute Gasteiger partial charge is 0.427 e. The van der Waals surface area contributed by atoms with Crippen molar-refractivity contribution in [3.63, 3.8) is 0 Å². The fourth-order valence-corrected chi connectivity index (χ4v) is 1.27. The predicted octanol–water partition coefficient (Wildman–Crippen LogP) is 1.04. The molecule has 0 aromatic heterocycles. The van der Waals surface area contributed by atoms with Crippen LogP contribution in [0.2, 0.25) is 0 Å². The van der Waals surface area contributed by atoms with Crippen LogP contribution in [-0.4, -0.2) is 35.0 Å². The molecule has 2 N–H and O–H groups in total. The summed E-state index contributed by atoms with van der Waals surface area (Å²) in [4.78, 5) is 21.1. The Balaban J connectivity index is 2.90. The second-order valence-corrected chi connectivity index (χ2v) is 3.36. The maximum absolute atomic E-state index is 11.0. The minimum Gasteiger partial charge on any atom is -0.449 e. The number of non-ortho nitro benzene ring substituents is 1. The number of ether oxygens (including phenoxy) is 1. The molecule has 0 fully saturated rings. The molecule has 1 rings (SSSR count). The summed E-state index contributed by atoms with van der Waals surface area (Å²) in [5.41, 5.74) is 2.38. The third-order valence-electron chi connectivity index (χ3n) is 2.10. The van der Waals surface area contributed by atoms with Crippen LogP contribution in [-0.2, 0) is 4.74 Å². The van der Waals surface area contributed by atoms with E-state index in [-0.39, 0.29) is 18.0 Å². The highest BCUT2D eigenvalue weighted by atomic mass is 16.6. The molecular formula is C11H13N3O5. The molecule has 102 valence electrons. The predicted molar refractivity (Wildman–Crippen MR) is 66.9 cm³/mol. The van der Waals surface area contributed by atoms with Gasteiger partial charge in [0, 0.05) is 17.7 Å². The molecule has 8 nitrogen and oxygen atoms in total. The highest BCUT2D eigenvalue weighted by Gasteiger charge is 2.10. The summed E-state index contributed by atoms with van der Waals surface area (Å²) in [5, 5.41) is 23.4. The average molecular weight is 267 g/mol. The first-order valence-electron chi connectivity index (χ1n) is 5.43. The Hall–Kier alpha value is -2.48. The van der Waals surface area contributed by atoms with E-state index in [0.29, 0.717) is 5.56 Å². The first-order chi connectivity index (χ1) is 9.08. The lowest BCUT2D eigenvalue weighted by molar-refractivity contribution is -0.384. The van der Waals surface area contributed by atoms with E-state index in [2.05, 4.69) is 15.3 Å². The number of carbonyl (C=O) groups excluding carboxylic acids is 1. The summed E-state index contributed by atoms with van der Waals surface area (Å²) < 4.78 is 4.59. The lowest BCUT2D eigenvalue weighted by atomic mass is 10.1. The minimum absolute atomic E-state index is 0.0942. The van der Waals surface area contributed by atoms with Crippen LogP contribution in [0.25, 0.3) is 0 Å². The molecule has 0 bridgehead atoms. The van der Waals surface area contributed by atoms with Crippen molar-refractivity contribution >= 4 is 17.5 Å². The normalized spacial score (nSPS) is 10.9. The second kappa shape index (κ2) is 7.07. The number of aliphatic hydroxyl groups excluding tert-OH is 1. The maximum atomic E-state index is 11.0. The van der Waals surface area contributed by atoms with Crippen LogP contribution in [0.3, 0.4) is 0 Å². The number of nitrogens with one attached hydrogen (secondary N) is 1. The van der Waals surface area contributed by atoms with Gasteiger partial charge >= 0.3 is 6.09 Å². The van der Waals surface area contributed by atoms with Crippen molar-refractivity contribution in [3.8, 4) is 0 Å². The first kappa shape index (κ1) is 14.6. The van der Waals surface area contributed by atoms with E-state index in [4.69, 9.17) is 5.11 Å². The first-order valence-corrected chi connectivity index (χ1v) is 5.43. The highest BCUT2D eigenvalue weighted by molar-refractivity contribution is 6.02. The molecule has 0 atom stereocenters. The van der Waals surface area contributed by atoms with Gasteiger partial charge in [0.15, 0.2) is 0 Å². The fourth-order valence-electron chi connectivity index (χ4n) is 1.27. The monoisotopic (exact) mass is 267 g/mol. The van der Waals surface area contributed by atoms with Crippen LogP contribution >= 0.6 is 0 Å². The van der Waals surface area contributed by atoms with E-state index in [0.717, 1.165) is 0 Å². The number of carbonyl (C=O) groups is 1. The van der Waals surface area contributed by atoms with E-state index in [1.165, 1.54) is 24.3 Å². The third-order valence-corrected chi connectivity index (χ3v) is 2.10. The Morgan fingerprint density at radius 1 is 1.58 bits per heavy atom. The maximum Gasteiger partial charge on any atom is 0.427 e. The number of benzene rings is 1. The van der Waals surface area contributed by atoms with Crippen LogP contribution in [0, 0.1) is 10.1 Å². The van der Waals surface area contributed by atoms with Crippen LogP contribution in [0.5, 0.6) is 0 Å². The van der Waals surface area contributed by atoms with Gasteiger partial charge in [0.25, 0.3) is 5.69 Å². The van der Waals surface area contributed by atoms with Gasteiger partial charge in [0.1, 0.15) is 0 Å². The molecule has 0 saturated carbocycles. The number of hydrogen-bond donors (Lipinski definition) is 2. The van der Waals surface area contributed by atoms with Crippen molar-refractivity contribution < 1.29 is 19.6 Å². The van der Waals surface area contributed by atoms with E-state index in [1.54, 1.807) is 6.92 Å². The van der Waals surface area contributed by atoms with Gasteiger partial charge in [-0.25, -0.2) is 10.2 Å². The van der Waals surface area contributed by atoms with E-state index < -0.39 is 17.6 Å². The van der Waals surface area contributed by atoms with Crippen molar-refractivity contribution in [3.05, 3.63) is 39.9 Å². The van der Waals surface area contributed by atoms with E-state index in [1.807, 2.05) is 0 Å². The van der Waals surface area contributed by atoms with Gasteiger partial charge in [-0.2, -0.15) is 5.10 Å². The lowest BCUT2D eigenvalue weighted by Gasteiger charge is -2.04. The average Bonchev–Trinajstić information content (AvgIpc) is 2.40. The van der Waals surface area contributed by atoms with Gasteiger partial charge in [0.2, 0.25) is 0 Å². The molecule has 19 heavy (non-hydrogen) atoms. The summed E-state index contributed by atoms with van der Waals surface area (Å²) in [6.07, 6.45) is -0.765. The Kier molecular flexibility index (Phi) is 5.42. The number of aliphatic hydroxyl groups is 1. The molecular weight excluding hydrogens is 254 g/mol. The number of nitrogens with zero attached hydrogens (tertiary/aromatic N) is 2. The van der Waals surface area contributed by atoms with Crippen molar-refractivity contribution in [2.45, 2.75) is 6.92 Å². The highest BCUT2D eigenvalue weighted by Crippen LogP contribution is 2.13. The van der Waals surface area contributed by atoms with Crippen molar-refractivity contribution in [2.24, 2.45) is 5.10 Å². The van der Waals surface area contributed by atoms with Gasteiger partial charge in [-0.15, -0.1) is 0 Å². The topological polar surface area (TPSA) is 114 Å². The van der Waals surface area contributed by atoms with Crippen molar-refractivity contribution in [2.75, 3.05) is 13.2 Å². The summed E-state index contributed by atoms with van der Waals surface area (Å²) >= 11 is 0. The number of hydrogen-bond acceptors (Lipinski definition) is 6. The molecule has 0 spiro atoms. The van der Waals surface area contributed by atoms with Gasteiger partial charge in [-0.3, -0.25) is 10.1 Å². The van der Waals surface area contributed by atoms with Crippen LogP contribution in [0.15, 0.2) is 29.4 Å². The summed E-state index contributed by atoms with van der Waals surface area (Å²) in [5.74, 6) is 0.